The Morgan fingerprint density at radius 3 is 2.88 bits per heavy atom. The quantitative estimate of drug-likeness (QED) is 0.564. The molecule has 126 valence electrons. The molecule has 0 N–H and O–H groups in total. The molecule has 0 saturated heterocycles. The molecular formula is C18H11FN6O. The van der Waals surface area contributed by atoms with E-state index < -0.39 is 5.82 Å². The van der Waals surface area contributed by atoms with Gasteiger partial charge in [-0.3, -0.25) is 0 Å². The molecule has 7 nitrogen and oxygen atoms in total. The van der Waals surface area contributed by atoms with Crippen molar-refractivity contribution in [3.63, 3.8) is 0 Å². The number of hydrogen-bond acceptors (Lipinski definition) is 6. The van der Waals surface area contributed by atoms with Gasteiger partial charge in [-0.1, -0.05) is 5.16 Å². The highest BCUT2D eigenvalue weighted by Gasteiger charge is 2.13. The van der Waals surface area contributed by atoms with Gasteiger partial charge in [-0.25, -0.2) is 14.4 Å². The van der Waals surface area contributed by atoms with Crippen LogP contribution in [0.3, 0.4) is 0 Å². The van der Waals surface area contributed by atoms with Crippen molar-refractivity contribution < 1.29 is 8.91 Å². The summed E-state index contributed by atoms with van der Waals surface area (Å²) in [5, 5.41) is 13.2. The number of benzene rings is 1. The lowest BCUT2D eigenvalue weighted by Crippen LogP contribution is -1.97. The highest BCUT2D eigenvalue weighted by atomic mass is 19.1. The van der Waals surface area contributed by atoms with Crippen LogP contribution in [0.25, 0.3) is 23.0 Å². The van der Waals surface area contributed by atoms with Gasteiger partial charge in [0, 0.05) is 24.5 Å². The maximum Gasteiger partial charge on any atom is 0.258 e. The summed E-state index contributed by atoms with van der Waals surface area (Å²) in [7, 11) is 0. The van der Waals surface area contributed by atoms with Crippen LogP contribution in [-0.2, 0) is 6.54 Å². The highest BCUT2D eigenvalue weighted by molar-refractivity contribution is 5.60. The summed E-state index contributed by atoms with van der Waals surface area (Å²) in [5.41, 5.74) is 2.41. The molecule has 0 radical (unpaired) electrons. The van der Waals surface area contributed by atoms with Crippen LogP contribution in [0.5, 0.6) is 0 Å². The Bertz CT molecular complexity index is 1080. The number of nitrogens with zero attached hydrogens (tertiary/aromatic N) is 6. The van der Waals surface area contributed by atoms with E-state index in [4.69, 9.17) is 4.52 Å². The van der Waals surface area contributed by atoms with Crippen molar-refractivity contribution in [3.8, 4) is 29.0 Å². The lowest BCUT2D eigenvalue weighted by Gasteiger charge is -2.05. The third kappa shape index (κ3) is 3.18. The summed E-state index contributed by atoms with van der Waals surface area (Å²) in [6, 6.07) is 10.2. The lowest BCUT2D eigenvalue weighted by atomic mass is 10.1. The normalized spacial score (nSPS) is 10.6. The van der Waals surface area contributed by atoms with Gasteiger partial charge in [0.25, 0.3) is 5.89 Å². The molecule has 0 spiro atoms. The van der Waals surface area contributed by atoms with E-state index in [1.54, 1.807) is 24.7 Å². The summed E-state index contributed by atoms with van der Waals surface area (Å²) in [4.78, 5) is 12.2. The fourth-order valence-corrected chi connectivity index (χ4v) is 2.52. The smallest absolute Gasteiger partial charge is 0.258 e. The molecule has 4 rings (SSSR count). The molecular weight excluding hydrogens is 335 g/mol. The minimum absolute atomic E-state index is 0.249. The molecule has 3 heterocycles. The standard InChI is InChI=1S/C18H11FN6O/c19-15-1-2-16(22-9-15)17-23-18(26-24-17)14-6-12(8-20)5-13(7-14)10-25-4-3-21-11-25/h1-7,9,11H,10H2. The maximum absolute atomic E-state index is 13.0. The zero-order chi connectivity index (χ0) is 17.9. The van der Waals surface area contributed by atoms with Crippen molar-refractivity contribution >= 4 is 0 Å². The van der Waals surface area contributed by atoms with E-state index in [1.165, 1.54) is 12.1 Å². The van der Waals surface area contributed by atoms with Gasteiger partial charge in [0.1, 0.15) is 11.5 Å². The zero-order valence-corrected chi connectivity index (χ0v) is 13.4. The fraction of sp³-hybridized carbons (Fsp3) is 0.0556. The first-order valence-electron chi connectivity index (χ1n) is 7.67. The summed E-state index contributed by atoms with van der Waals surface area (Å²) >= 11 is 0. The first-order chi connectivity index (χ1) is 12.7. The Hall–Kier alpha value is -3.86. The van der Waals surface area contributed by atoms with Gasteiger partial charge in [0.05, 0.1) is 24.2 Å². The van der Waals surface area contributed by atoms with Crippen LogP contribution in [0.2, 0.25) is 0 Å². The molecule has 0 aliphatic carbocycles. The molecule has 1 aromatic carbocycles. The van der Waals surface area contributed by atoms with E-state index in [0.717, 1.165) is 11.8 Å². The Morgan fingerprint density at radius 2 is 2.15 bits per heavy atom. The second kappa shape index (κ2) is 6.57. The first-order valence-corrected chi connectivity index (χ1v) is 7.67. The van der Waals surface area contributed by atoms with Crippen molar-refractivity contribution in [2.24, 2.45) is 0 Å². The predicted molar refractivity (Wildman–Crippen MR) is 89.0 cm³/mol. The van der Waals surface area contributed by atoms with Gasteiger partial charge in [-0.15, -0.1) is 0 Å². The van der Waals surface area contributed by atoms with E-state index in [1.807, 2.05) is 16.8 Å². The summed E-state index contributed by atoms with van der Waals surface area (Å²) in [6.07, 6.45) is 6.31. The van der Waals surface area contributed by atoms with Crippen molar-refractivity contribution in [2.45, 2.75) is 6.54 Å². The molecule has 4 aromatic rings. The van der Waals surface area contributed by atoms with Crippen LogP contribution in [0.1, 0.15) is 11.1 Å². The monoisotopic (exact) mass is 346 g/mol. The molecule has 0 atom stereocenters. The van der Waals surface area contributed by atoms with E-state index in [9.17, 15) is 9.65 Å². The van der Waals surface area contributed by atoms with Gasteiger partial charge < -0.3 is 9.09 Å². The summed E-state index contributed by atoms with van der Waals surface area (Å²) in [6.45, 7) is 0.559. The Morgan fingerprint density at radius 1 is 1.23 bits per heavy atom. The van der Waals surface area contributed by atoms with E-state index in [0.29, 0.717) is 23.4 Å². The third-order valence-corrected chi connectivity index (χ3v) is 3.68. The Kier molecular flexibility index (Phi) is 3.95. The van der Waals surface area contributed by atoms with Gasteiger partial charge in [0.2, 0.25) is 5.82 Å². The number of rotatable bonds is 4. The molecule has 3 aromatic heterocycles. The molecule has 0 unspecified atom stereocenters. The Balaban J connectivity index is 1.69. The topological polar surface area (TPSA) is 93.4 Å². The molecule has 0 saturated carbocycles. The van der Waals surface area contributed by atoms with Crippen LogP contribution in [0, 0.1) is 17.1 Å². The van der Waals surface area contributed by atoms with Crippen molar-refractivity contribution in [3.05, 3.63) is 72.2 Å². The molecule has 0 fully saturated rings. The second-order valence-electron chi connectivity index (χ2n) is 5.55. The number of aromatic nitrogens is 5. The van der Waals surface area contributed by atoms with Gasteiger partial charge >= 0.3 is 0 Å². The van der Waals surface area contributed by atoms with Crippen LogP contribution in [0.15, 0.2) is 59.8 Å². The SMILES string of the molecule is N#Cc1cc(Cn2ccnc2)cc(-c2nc(-c3ccc(F)cn3)no2)c1. The van der Waals surface area contributed by atoms with Crippen molar-refractivity contribution in [1.82, 2.24) is 24.7 Å². The van der Waals surface area contributed by atoms with Crippen molar-refractivity contribution in [2.75, 3.05) is 0 Å². The zero-order valence-electron chi connectivity index (χ0n) is 13.4. The number of halogens is 1. The largest absolute Gasteiger partial charge is 0.334 e. The average molecular weight is 346 g/mol. The van der Waals surface area contributed by atoms with Crippen LogP contribution in [-0.4, -0.2) is 24.7 Å². The molecule has 0 aliphatic rings. The Labute approximate surface area is 147 Å². The van der Waals surface area contributed by atoms with Crippen LogP contribution in [0.4, 0.5) is 4.39 Å². The summed E-state index contributed by atoms with van der Waals surface area (Å²) in [5.74, 6) is 0.0666. The summed E-state index contributed by atoms with van der Waals surface area (Å²) < 4.78 is 20.2. The van der Waals surface area contributed by atoms with E-state index in [2.05, 4.69) is 26.2 Å². The first kappa shape index (κ1) is 15.7. The number of pyridine rings is 1. The molecule has 8 heteroatoms. The van der Waals surface area contributed by atoms with E-state index >= 15 is 0 Å². The van der Waals surface area contributed by atoms with Gasteiger partial charge in [-0.05, 0) is 35.9 Å². The average Bonchev–Trinajstić information content (AvgIpc) is 3.34. The van der Waals surface area contributed by atoms with Crippen molar-refractivity contribution in [1.29, 1.82) is 5.26 Å². The molecule has 26 heavy (non-hydrogen) atoms. The number of nitriles is 1. The highest BCUT2D eigenvalue weighted by Crippen LogP contribution is 2.24. The van der Waals surface area contributed by atoms with Crippen LogP contribution < -0.4 is 0 Å². The van der Waals surface area contributed by atoms with E-state index in [-0.39, 0.29) is 11.7 Å². The number of hydrogen-bond donors (Lipinski definition) is 0. The fourth-order valence-electron chi connectivity index (χ4n) is 2.52. The van der Waals surface area contributed by atoms with Gasteiger partial charge in [-0.2, -0.15) is 10.2 Å². The van der Waals surface area contributed by atoms with Crippen LogP contribution >= 0.6 is 0 Å². The third-order valence-electron chi connectivity index (χ3n) is 3.68. The minimum Gasteiger partial charge on any atom is -0.334 e. The minimum atomic E-state index is -0.441. The molecule has 0 amide bonds. The predicted octanol–water partition coefficient (Wildman–Crippen LogP) is 3.05. The molecule has 0 bridgehead atoms. The molecule has 0 aliphatic heterocycles. The number of imidazole rings is 1. The maximum atomic E-state index is 13.0. The second-order valence-corrected chi connectivity index (χ2v) is 5.55. The lowest BCUT2D eigenvalue weighted by molar-refractivity contribution is 0.432. The van der Waals surface area contributed by atoms with Gasteiger partial charge in [0.15, 0.2) is 0 Å².